The van der Waals surface area contributed by atoms with Crippen LogP contribution in [-0.2, 0) is 4.79 Å². The second-order valence-corrected chi connectivity index (χ2v) is 3.04. The third-order valence-corrected chi connectivity index (χ3v) is 1.81. The average molecular weight is 244 g/mol. The summed E-state index contributed by atoms with van der Waals surface area (Å²) in [5.74, 6) is -2.82. The highest BCUT2D eigenvalue weighted by Crippen LogP contribution is 2.16. The number of amidine groups is 1. The van der Waals surface area contributed by atoms with E-state index >= 15 is 0 Å². The summed E-state index contributed by atoms with van der Waals surface area (Å²) in [6.45, 7) is 0. The first kappa shape index (κ1) is 12.9. The van der Waals surface area contributed by atoms with Gasteiger partial charge in [-0.15, -0.1) is 0 Å². The van der Waals surface area contributed by atoms with Crippen molar-refractivity contribution in [2.45, 2.75) is 6.18 Å². The van der Waals surface area contributed by atoms with E-state index in [0.29, 0.717) is 11.8 Å². The number of carbonyl (C=O) groups excluding carboxylic acids is 2. The molecule has 0 saturated carbocycles. The quantitative estimate of drug-likeness (QED) is 0.484. The lowest BCUT2D eigenvalue weighted by Crippen LogP contribution is -2.25. The third-order valence-electron chi connectivity index (χ3n) is 1.81. The maximum absolute atomic E-state index is 11.9. The fraction of sp³-hybridized carbons (Fsp3) is 0.100. The lowest BCUT2D eigenvalue weighted by atomic mass is 10.1. The molecule has 1 aromatic rings. The number of alkyl halides is 3. The topological polar surface area (TPSA) is 72.5 Å². The summed E-state index contributed by atoms with van der Waals surface area (Å²) in [6, 6.07) is 5.30. The van der Waals surface area contributed by atoms with Crippen LogP contribution in [0.2, 0.25) is 0 Å². The van der Waals surface area contributed by atoms with Crippen molar-refractivity contribution in [3.8, 4) is 0 Å². The van der Waals surface area contributed by atoms with Crippen molar-refractivity contribution in [3.63, 3.8) is 0 Å². The van der Waals surface area contributed by atoms with Crippen molar-refractivity contribution in [1.29, 1.82) is 0 Å². The van der Waals surface area contributed by atoms with Gasteiger partial charge in [0.05, 0.1) is 0 Å². The van der Waals surface area contributed by atoms with E-state index in [1.165, 1.54) is 24.3 Å². The molecule has 2 N–H and O–H groups in total. The molecule has 0 saturated heterocycles. The number of aldehydes is 1. The molecule has 17 heavy (non-hydrogen) atoms. The minimum atomic E-state index is -5.05. The van der Waals surface area contributed by atoms with Crippen LogP contribution in [0.1, 0.15) is 15.9 Å². The second-order valence-electron chi connectivity index (χ2n) is 3.04. The van der Waals surface area contributed by atoms with E-state index in [0.717, 1.165) is 0 Å². The van der Waals surface area contributed by atoms with Crippen LogP contribution < -0.4 is 5.73 Å². The van der Waals surface area contributed by atoms with Gasteiger partial charge in [-0.2, -0.15) is 18.2 Å². The van der Waals surface area contributed by atoms with Gasteiger partial charge in [0, 0.05) is 11.1 Å². The van der Waals surface area contributed by atoms with E-state index < -0.39 is 17.9 Å². The van der Waals surface area contributed by atoms with E-state index in [1.807, 2.05) is 0 Å². The molecule has 7 heteroatoms. The van der Waals surface area contributed by atoms with E-state index in [9.17, 15) is 22.8 Å². The van der Waals surface area contributed by atoms with Gasteiger partial charge >= 0.3 is 12.1 Å². The summed E-state index contributed by atoms with van der Waals surface area (Å²) >= 11 is 0. The lowest BCUT2D eigenvalue weighted by Gasteiger charge is -2.03. The van der Waals surface area contributed by atoms with Gasteiger partial charge in [-0.3, -0.25) is 9.59 Å². The Kier molecular flexibility index (Phi) is 3.62. The van der Waals surface area contributed by atoms with Gasteiger partial charge in [-0.05, 0) is 0 Å². The van der Waals surface area contributed by atoms with E-state index in [4.69, 9.17) is 5.73 Å². The maximum atomic E-state index is 11.9. The lowest BCUT2D eigenvalue weighted by molar-refractivity contribution is -0.169. The molecular formula is C10H7F3N2O2. The molecule has 0 aliphatic heterocycles. The fourth-order valence-corrected chi connectivity index (χ4v) is 0.970. The van der Waals surface area contributed by atoms with Crippen LogP contribution in [0.25, 0.3) is 0 Å². The summed E-state index contributed by atoms with van der Waals surface area (Å²) < 4.78 is 35.7. The van der Waals surface area contributed by atoms with Crippen LogP contribution in [0.3, 0.4) is 0 Å². The number of halogens is 3. The zero-order chi connectivity index (χ0) is 13.1. The number of aliphatic imine (C=N–C) groups is 1. The molecule has 0 fully saturated rings. The molecule has 0 unspecified atom stereocenters. The van der Waals surface area contributed by atoms with Gasteiger partial charge in [0.25, 0.3) is 0 Å². The van der Waals surface area contributed by atoms with Gasteiger partial charge in [-0.1, -0.05) is 24.3 Å². The summed E-state index contributed by atoms with van der Waals surface area (Å²) in [5, 5.41) is 0. The van der Waals surface area contributed by atoms with Crippen molar-refractivity contribution in [3.05, 3.63) is 35.4 Å². The molecular weight excluding hydrogens is 237 g/mol. The van der Waals surface area contributed by atoms with Crippen LogP contribution in [0, 0.1) is 0 Å². The monoisotopic (exact) mass is 244 g/mol. The number of rotatable bonds is 2. The van der Waals surface area contributed by atoms with Crippen LogP contribution in [0.15, 0.2) is 29.3 Å². The summed E-state index contributed by atoms with van der Waals surface area (Å²) in [7, 11) is 0. The molecule has 0 heterocycles. The van der Waals surface area contributed by atoms with Gasteiger partial charge in [-0.25, -0.2) is 0 Å². The Morgan fingerprint density at radius 2 is 1.76 bits per heavy atom. The molecule has 0 radical (unpaired) electrons. The minimum absolute atomic E-state index is 0.133. The fourth-order valence-electron chi connectivity index (χ4n) is 0.970. The highest BCUT2D eigenvalue weighted by atomic mass is 19.4. The van der Waals surface area contributed by atoms with Crippen LogP contribution in [0.4, 0.5) is 13.2 Å². The number of carbonyl (C=O) groups is 2. The molecule has 90 valence electrons. The first-order valence-electron chi connectivity index (χ1n) is 4.35. The number of nitrogens with two attached hydrogens (primary N) is 1. The average Bonchev–Trinajstić information content (AvgIpc) is 2.27. The summed E-state index contributed by atoms with van der Waals surface area (Å²) in [5.41, 5.74) is 5.69. The van der Waals surface area contributed by atoms with Crippen molar-refractivity contribution in [1.82, 2.24) is 0 Å². The van der Waals surface area contributed by atoms with E-state index in [1.54, 1.807) is 0 Å². The molecule has 0 aliphatic rings. The zero-order valence-electron chi connectivity index (χ0n) is 8.36. The molecule has 4 nitrogen and oxygen atoms in total. The molecule has 0 spiro atoms. The van der Waals surface area contributed by atoms with Gasteiger partial charge in [0.2, 0.25) is 0 Å². The van der Waals surface area contributed by atoms with Crippen LogP contribution in [0.5, 0.6) is 0 Å². The number of benzene rings is 1. The van der Waals surface area contributed by atoms with Gasteiger partial charge < -0.3 is 5.73 Å². The molecule has 1 aromatic carbocycles. The minimum Gasteiger partial charge on any atom is -0.383 e. The number of amides is 1. The summed E-state index contributed by atoms with van der Waals surface area (Å²) in [6.07, 6.45) is -4.48. The molecule has 0 aliphatic carbocycles. The number of hydrogen-bond donors (Lipinski definition) is 1. The maximum Gasteiger partial charge on any atom is 0.473 e. The van der Waals surface area contributed by atoms with Crippen LogP contribution in [-0.4, -0.2) is 24.2 Å². The van der Waals surface area contributed by atoms with Crippen molar-refractivity contribution >= 4 is 18.0 Å². The largest absolute Gasteiger partial charge is 0.473 e. The van der Waals surface area contributed by atoms with Gasteiger partial charge in [0.15, 0.2) is 0 Å². The van der Waals surface area contributed by atoms with Crippen molar-refractivity contribution < 1.29 is 22.8 Å². The highest BCUT2D eigenvalue weighted by molar-refractivity contribution is 6.05. The third kappa shape index (κ3) is 3.40. The highest BCUT2D eigenvalue weighted by Gasteiger charge is 2.38. The predicted molar refractivity (Wildman–Crippen MR) is 53.6 cm³/mol. The normalized spacial score (nSPS) is 12.3. The van der Waals surface area contributed by atoms with Crippen molar-refractivity contribution in [2.24, 2.45) is 10.7 Å². The van der Waals surface area contributed by atoms with Crippen LogP contribution >= 0.6 is 0 Å². The standard InChI is InChI=1S/C10H7F3N2O2/c11-10(12,13)9(17)15-8(14)7-3-1-6(5-16)2-4-7/h1-5H,(H2,14,15,17). The Morgan fingerprint density at radius 3 is 2.18 bits per heavy atom. The smallest absolute Gasteiger partial charge is 0.383 e. The molecule has 0 bridgehead atoms. The predicted octanol–water partition coefficient (Wildman–Crippen LogP) is 1.29. The molecule has 0 atom stereocenters. The molecule has 0 aromatic heterocycles. The SMILES string of the molecule is NC(=NC(=O)C(F)(F)F)c1ccc(C=O)cc1. The number of nitrogens with zero attached hydrogens (tertiary/aromatic N) is 1. The second kappa shape index (κ2) is 4.77. The van der Waals surface area contributed by atoms with Gasteiger partial charge in [0.1, 0.15) is 12.1 Å². The van der Waals surface area contributed by atoms with E-state index in [-0.39, 0.29) is 5.56 Å². The summed E-state index contributed by atoms with van der Waals surface area (Å²) in [4.78, 5) is 23.6. The molecule has 1 rings (SSSR count). The first-order chi connectivity index (χ1) is 7.84. The van der Waals surface area contributed by atoms with E-state index in [2.05, 4.69) is 4.99 Å². The number of hydrogen-bond acceptors (Lipinski definition) is 2. The zero-order valence-corrected chi connectivity index (χ0v) is 8.36. The Labute approximate surface area is 93.9 Å². The Morgan fingerprint density at radius 1 is 1.24 bits per heavy atom. The Hall–Kier alpha value is -2.18. The van der Waals surface area contributed by atoms with Crippen molar-refractivity contribution in [2.75, 3.05) is 0 Å². The first-order valence-corrected chi connectivity index (χ1v) is 4.35. The molecule has 1 amide bonds. The Bertz CT molecular complexity index is 463. The Balaban J connectivity index is 2.96.